The van der Waals surface area contributed by atoms with Crippen molar-refractivity contribution in [1.82, 2.24) is 20.4 Å². The van der Waals surface area contributed by atoms with Crippen molar-refractivity contribution in [2.45, 2.75) is 44.9 Å². The lowest BCUT2D eigenvalue weighted by atomic mass is 10.1. The maximum atomic E-state index is 12.4. The van der Waals surface area contributed by atoms with Crippen molar-refractivity contribution < 1.29 is 14.4 Å². The average molecular weight is 344 g/mol. The maximum absolute atomic E-state index is 12.4. The molecule has 1 unspecified atom stereocenters. The van der Waals surface area contributed by atoms with Crippen molar-refractivity contribution in [2.24, 2.45) is 0 Å². The van der Waals surface area contributed by atoms with Crippen LogP contribution in [0.3, 0.4) is 0 Å². The summed E-state index contributed by atoms with van der Waals surface area (Å²) in [6.45, 7) is 4.26. The summed E-state index contributed by atoms with van der Waals surface area (Å²) in [5, 5.41) is 16.4. The van der Waals surface area contributed by atoms with Crippen LogP contribution in [0.25, 0.3) is 0 Å². The number of aliphatic hydroxyl groups is 1. The van der Waals surface area contributed by atoms with E-state index in [0.29, 0.717) is 12.3 Å². The van der Waals surface area contributed by atoms with Gasteiger partial charge in [-0.1, -0.05) is 18.1 Å². The largest absolute Gasteiger partial charge is 0.393 e. The summed E-state index contributed by atoms with van der Waals surface area (Å²) in [6.07, 6.45) is 5.56. The molecule has 0 bridgehead atoms. The van der Waals surface area contributed by atoms with E-state index in [1.54, 1.807) is 18.5 Å². The molecule has 0 spiro atoms. The van der Waals surface area contributed by atoms with Crippen LogP contribution in [0.2, 0.25) is 0 Å². The molecule has 3 heterocycles. The van der Waals surface area contributed by atoms with Gasteiger partial charge in [0, 0.05) is 31.5 Å². The van der Waals surface area contributed by atoms with Gasteiger partial charge in [0.25, 0.3) is 5.91 Å². The van der Waals surface area contributed by atoms with Crippen molar-refractivity contribution in [3.8, 4) is 0 Å². The SMILES string of the molecule is CCC(NC(=O)c1cc(CN2CCC(O)CC2)on1)c1cccnc1. The Kier molecular flexibility index (Phi) is 5.78. The number of aliphatic hydroxyl groups excluding tert-OH is 1. The fraction of sp³-hybridized carbons (Fsp3) is 0.500. The molecule has 2 aromatic rings. The summed E-state index contributed by atoms with van der Waals surface area (Å²) in [7, 11) is 0. The molecule has 1 saturated heterocycles. The highest BCUT2D eigenvalue weighted by Gasteiger charge is 2.21. The minimum atomic E-state index is -0.250. The molecule has 1 atom stereocenters. The van der Waals surface area contributed by atoms with Crippen molar-refractivity contribution in [1.29, 1.82) is 0 Å². The molecule has 2 N–H and O–H groups in total. The Morgan fingerprint density at radius 1 is 1.48 bits per heavy atom. The molecular weight excluding hydrogens is 320 g/mol. The van der Waals surface area contributed by atoms with Crippen LogP contribution in [-0.2, 0) is 6.54 Å². The number of carbonyl (C=O) groups excluding carboxylic acids is 1. The fourth-order valence-electron chi connectivity index (χ4n) is 3.03. The first-order chi connectivity index (χ1) is 12.2. The number of nitrogens with one attached hydrogen (secondary N) is 1. The van der Waals surface area contributed by atoms with Crippen LogP contribution >= 0.6 is 0 Å². The summed E-state index contributed by atoms with van der Waals surface area (Å²) in [5.74, 6) is 0.413. The van der Waals surface area contributed by atoms with E-state index in [0.717, 1.165) is 37.9 Å². The normalized spacial score (nSPS) is 17.4. The third kappa shape index (κ3) is 4.64. The molecule has 7 heteroatoms. The van der Waals surface area contributed by atoms with Crippen LogP contribution in [0, 0.1) is 0 Å². The highest BCUT2D eigenvalue weighted by molar-refractivity contribution is 5.92. The van der Waals surface area contributed by atoms with E-state index in [2.05, 4.69) is 20.4 Å². The zero-order valence-corrected chi connectivity index (χ0v) is 14.4. The number of carbonyl (C=O) groups is 1. The van der Waals surface area contributed by atoms with E-state index in [-0.39, 0.29) is 23.7 Å². The Balaban J connectivity index is 1.58. The molecule has 1 aliphatic rings. The van der Waals surface area contributed by atoms with Crippen molar-refractivity contribution in [3.63, 3.8) is 0 Å². The fourth-order valence-corrected chi connectivity index (χ4v) is 3.03. The predicted molar refractivity (Wildman–Crippen MR) is 91.8 cm³/mol. The number of piperidine rings is 1. The van der Waals surface area contributed by atoms with Gasteiger partial charge in [-0.05, 0) is 30.9 Å². The Morgan fingerprint density at radius 2 is 2.28 bits per heavy atom. The van der Waals surface area contributed by atoms with Crippen molar-refractivity contribution in [2.75, 3.05) is 13.1 Å². The first kappa shape index (κ1) is 17.6. The zero-order chi connectivity index (χ0) is 17.6. The van der Waals surface area contributed by atoms with Gasteiger partial charge in [-0.2, -0.15) is 0 Å². The second-order valence-corrected chi connectivity index (χ2v) is 6.41. The molecule has 0 aromatic carbocycles. The Bertz CT molecular complexity index is 681. The lowest BCUT2D eigenvalue weighted by Crippen LogP contribution is -2.35. The van der Waals surface area contributed by atoms with Gasteiger partial charge >= 0.3 is 0 Å². The highest BCUT2D eigenvalue weighted by atomic mass is 16.5. The third-order valence-electron chi connectivity index (χ3n) is 4.53. The predicted octanol–water partition coefficient (Wildman–Crippen LogP) is 1.91. The molecule has 1 amide bonds. The quantitative estimate of drug-likeness (QED) is 0.832. The molecule has 7 nitrogen and oxygen atoms in total. The molecule has 1 aliphatic heterocycles. The van der Waals surface area contributed by atoms with E-state index >= 15 is 0 Å². The van der Waals surface area contributed by atoms with E-state index in [9.17, 15) is 9.90 Å². The monoisotopic (exact) mass is 344 g/mol. The summed E-state index contributed by atoms with van der Waals surface area (Å²) in [6, 6.07) is 5.38. The lowest BCUT2D eigenvalue weighted by molar-refractivity contribution is 0.0748. The minimum absolute atomic E-state index is 0.107. The van der Waals surface area contributed by atoms with Gasteiger partial charge in [-0.25, -0.2) is 0 Å². The third-order valence-corrected chi connectivity index (χ3v) is 4.53. The van der Waals surface area contributed by atoms with Gasteiger partial charge in [0.1, 0.15) is 0 Å². The van der Waals surface area contributed by atoms with E-state index < -0.39 is 0 Å². The van der Waals surface area contributed by atoms with Gasteiger partial charge in [-0.3, -0.25) is 14.7 Å². The number of hydrogen-bond donors (Lipinski definition) is 2. The molecular formula is C18H24N4O3. The maximum Gasteiger partial charge on any atom is 0.273 e. The molecule has 3 rings (SSSR count). The Labute approximate surface area is 147 Å². The topological polar surface area (TPSA) is 91.5 Å². The van der Waals surface area contributed by atoms with E-state index in [1.165, 1.54) is 0 Å². The molecule has 2 aromatic heterocycles. The van der Waals surface area contributed by atoms with Gasteiger partial charge < -0.3 is 14.9 Å². The first-order valence-corrected chi connectivity index (χ1v) is 8.72. The van der Waals surface area contributed by atoms with Gasteiger partial charge in [0.15, 0.2) is 11.5 Å². The van der Waals surface area contributed by atoms with Crippen LogP contribution in [-0.4, -0.2) is 45.2 Å². The summed E-state index contributed by atoms with van der Waals surface area (Å²) >= 11 is 0. The first-order valence-electron chi connectivity index (χ1n) is 8.72. The molecule has 25 heavy (non-hydrogen) atoms. The summed E-state index contributed by atoms with van der Waals surface area (Å²) in [4.78, 5) is 18.7. The molecule has 0 saturated carbocycles. The van der Waals surface area contributed by atoms with Gasteiger partial charge in [0.2, 0.25) is 0 Å². The molecule has 134 valence electrons. The molecule has 0 aliphatic carbocycles. The zero-order valence-electron chi connectivity index (χ0n) is 14.4. The Hall–Kier alpha value is -2.25. The smallest absolute Gasteiger partial charge is 0.273 e. The second kappa shape index (κ2) is 8.22. The van der Waals surface area contributed by atoms with Gasteiger partial charge in [0.05, 0.1) is 18.7 Å². The van der Waals surface area contributed by atoms with Crippen LogP contribution < -0.4 is 5.32 Å². The van der Waals surface area contributed by atoms with Crippen LogP contribution in [0.5, 0.6) is 0 Å². The molecule has 1 fully saturated rings. The lowest BCUT2D eigenvalue weighted by Gasteiger charge is -2.28. The molecule has 0 radical (unpaired) electrons. The number of amides is 1. The number of aromatic nitrogens is 2. The van der Waals surface area contributed by atoms with E-state index in [4.69, 9.17) is 4.52 Å². The van der Waals surface area contributed by atoms with Crippen molar-refractivity contribution in [3.05, 3.63) is 47.6 Å². The number of rotatable bonds is 6. The van der Waals surface area contributed by atoms with Gasteiger partial charge in [-0.15, -0.1) is 0 Å². The number of nitrogens with zero attached hydrogens (tertiary/aromatic N) is 3. The highest BCUT2D eigenvalue weighted by Crippen LogP contribution is 2.17. The van der Waals surface area contributed by atoms with Crippen LogP contribution in [0.1, 0.15) is 54.0 Å². The number of hydrogen-bond acceptors (Lipinski definition) is 6. The van der Waals surface area contributed by atoms with E-state index in [1.807, 2.05) is 19.1 Å². The summed E-state index contributed by atoms with van der Waals surface area (Å²) < 4.78 is 5.31. The Morgan fingerprint density at radius 3 is 2.96 bits per heavy atom. The number of likely N-dealkylation sites (tertiary alicyclic amines) is 1. The standard InChI is InChI=1S/C18H24N4O3/c1-2-16(13-4-3-7-19-11-13)20-18(24)17-10-15(25-21-17)12-22-8-5-14(23)6-9-22/h3-4,7,10-11,14,16,23H,2,5-6,8-9,12H2,1H3,(H,20,24). The van der Waals surface area contributed by atoms with Crippen LogP contribution in [0.4, 0.5) is 0 Å². The minimum Gasteiger partial charge on any atom is -0.393 e. The average Bonchev–Trinajstić information content (AvgIpc) is 3.11. The van der Waals surface area contributed by atoms with Crippen molar-refractivity contribution >= 4 is 5.91 Å². The van der Waals surface area contributed by atoms with Crippen LogP contribution in [0.15, 0.2) is 35.1 Å². The second-order valence-electron chi connectivity index (χ2n) is 6.41. The summed E-state index contributed by atoms with van der Waals surface area (Å²) in [5.41, 5.74) is 1.25. The number of pyridine rings is 1.